The summed E-state index contributed by atoms with van der Waals surface area (Å²) in [5.41, 5.74) is 1.41. The molecule has 1 N–H and O–H groups in total. The first kappa shape index (κ1) is 15.5. The molecule has 0 bridgehead atoms. The summed E-state index contributed by atoms with van der Waals surface area (Å²) in [4.78, 5) is 2.56. The van der Waals surface area contributed by atoms with Crippen LogP contribution in [0.2, 0.25) is 0 Å². The van der Waals surface area contributed by atoms with Crippen molar-refractivity contribution in [1.82, 2.24) is 10.2 Å². The van der Waals surface area contributed by atoms with Gasteiger partial charge in [-0.2, -0.15) is 0 Å². The van der Waals surface area contributed by atoms with Gasteiger partial charge in [0.25, 0.3) is 0 Å². The van der Waals surface area contributed by atoms with E-state index in [1.807, 2.05) is 0 Å². The number of methoxy groups -OCH3 is 1. The van der Waals surface area contributed by atoms with E-state index in [1.54, 1.807) is 7.11 Å². The van der Waals surface area contributed by atoms with Gasteiger partial charge in [-0.1, -0.05) is 30.3 Å². The average Bonchev–Trinajstić information content (AvgIpc) is 2.47. The number of hydrogen-bond acceptors (Lipinski definition) is 3. The number of rotatable bonds is 6. The van der Waals surface area contributed by atoms with E-state index in [1.165, 1.54) is 24.9 Å². The second-order valence-corrected chi connectivity index (χ2v) is 5.96. The van der Waals surface area contributed by atoms with Crippen LogP contribution >= 0.6 is 0 Å². The molecule has 1 aliphatic rings. The number of likely N-dealkylation sites (tertiary alicyclic amines) is 1. The molecule has 0 spiro atoms. The molecule has 1 aromatic rings. The molecule has 3 atom stereocenters. The lowest BCUT2D eigenvalue weighted by molar-refractivity contribution is 0.0759. The van der Waals surface area contributed by atoms with Crippen molar-refractivity contribution in [2.24, 2.45) is 0 Å². The highest BCUT2D eigenvalue weighted by molar-refractivity contribution is 5.14. The summed E-state index contributed by atoms with van der Waals surface area (Å²) in [7, 11) is 1.78. The van der Waals surface area contributed by atoms with Crippen molar-refractivity contribution in [1.29, 1.82) is 0 Å². The summed E-state index contributed by atoms with van der Waals surface area (Å²) in [6.07, 6.45) is 2.81. The molecule has 2 rings (SSSR count). The van der Waals surface area contributed by atoms with Crippen LogP contribution in [0.1, 0.15) is 32.3 Å². The van der Waals surface area contributed by atoms with Gasteiger partial charge in [0, 0.05) is 32.3 Å². The van der Waals surface area contributed by atoms with Gasteiger partial charge < -0.3 is 10.1 Å². The summed E-state index contributed by atoms with van der Waals surface area (Å²) in [6.45, 7) is 7.75. The molecule has 0 aliphatic carbocycles. The molecular formula is C17H28N2O. The predicted octanol–water partition coefficient (Wildman–Crippen LogP) is 2.66. The number of ether oxygens (including phenoxy) is 1. The SMILES string of the molecule is COC(C)C(C)NC1CCCN(Cc2ccccc2)C1. The first-order valence-electron chi connectivity index (χ1n) is 7.74. The van der Waals surface area contributed by atoms with Crippen molar-refractivity contribution < 1.29 is 4.74 Å². The Kier molecular flexibility index (Phi) is 6.02. The smallest absolute Gasteiger partial charge is 0.0693 e. The third-order valence-electron chi connectivity index (χ3n) is 4.33. The van der Waals surface area contributed by atoms with Gasteiger partial charge in [-0.3, -0.25) is 4.90 Å². The molecule has 1 saturated heterocycles. The van der Waals surface area contributed by atoms with Gasteiger partial charge >= 0.3 is 0 Å². The van der Waals surface area contributed by atoms with Crippen molar-refractivity contribution in [3.05, 3.63) is 35.9 Å². The summed E-state index contributed by atoms with van der Waals surface area (Å²) >= 11 is 0. The van der Waals surface area contributed by atoms with E-state index < -0.39 is 0 Å². The lowest BCUT2D eigenvalue weighted by Crippen LogP contribution is -2.50. The fraction of sp³-hybridized carbons (Fsp3) is 0.647. The van der Waals surface area contributed by atoms with Crippen LogP contribution < -0.4 is 5.32 Å². The normalized spacial score (nSPS) is 23.4. The molecule has 20 heavy (non-hydrogen) atoms. The second-order valence-electron chi connectivity index (χ2n) is 5.96. The maximum Gasteiger partial charge on any atom is 0.0693 e. The van der Waals surface area contributed by atoms with Crippen LogP contribution in [0.25, 0.3) is 0 Å². The first-order valence-corrected chi connectivity index (χ1v) is 7.74. The van der Waals surface area contributed by atoms with Crippen LogP contribution in [-0.4, -0.2) is 43.3 Å². The molecule has 1 heterocycles. The van der Waals surface area contributed by atoms with E-state index >= 15 is 0 Å². The lowest BCUT2D eigenvalue weighted by Gasteiger charge is -2.35. The topological polar surface area (TPSA) is 24.5 Å². The Morgan fingerprint density at radius 1 is 1.30 bits per heavy atom. The summed E-state index contributed by atoms with van der Waals surface area (Å²) in [5, 5.41) is 3.72. The van der Waals surface area contributed by atoms with Crippen LogP contribution in [0.4, 0.5) is 0 Å². The fourth-order valence-electron chi connectivity index (χ4n) is 2.89. The minimum atomic E-state index is 0.263. The summed E-state index contributed by atoms with van der Waals surface area (Å²) in [6, 6.07) is 11.7. The molecule has 0 saturated carbocycles. The Balaban J connectivity index is 1.82. The Morgan fingerprint density at radius 3 is 2.75 bits per heavy atom. The van der Waals surface area contributed by atoms with Gasteiger partial charge in [0.1, 0.15) is 0 Å². The molecule has 1 fully saturated rings. The van der Waals surface area contributed by atoms with Gasteiger partial charge in [-0.15, -0.1) is 0 Å². The standard InChI is InChI=1S/C17H28N2O/c1-14(15(2)20-3)18-17-10-7-11-19(13-17)12-16-8-5-4-6-9-16/h4-6,8-9,14-15,17-18H,7,10-13H2,1-3H3. The molecular weight excluding hydrogens is 248 g/mol. The fourth-order valence-corrected chi connectivity index (χ4v) is 2.89. The van der Waals surface area contributed by atoms with E-state index in [-0.39, 0.29) is 6.10 Å². The highest BCUT2D eigenvalue weighted by Crippen LogP contribution is 2.14. The number of nitrogens with one attached hydrogen (secondary N) is 1. The highest BCUT2D eigenvalue weighted by Gasteiger charge is 2.22. The number of hydrogen-bond donors (Lipinski definition) is 1. The summed E-state index contributed by atoms with van der Waals surface area (Å²) in [5.74, 6) is 0. The third kappa shape index (κ3) is 4.58. The van der Waals surface area contributed by atoms with Crippen LogP contribution in [0, 0.1) is 0 Å². The number of nitrogens with zero attached hydrogens (tertiary/aromatic N) is 1. The van der Waals surface area contributed by atoms with Crippen molar-refractivity contribution in [2.45, 2.75) is 51.4 Å². The number of benzene rings is 1. The summed E-state index contributed by atoms with van der Waals surface area (Å²) < 4.78 is 5.40. The zero-order chi connectivity index (χ0) is 14.4. The molecule has 3 nitrogen and oxygen atoms in total. The molecule has 112 valence electrons. The van der Waals surface area contributed by atoms with E-state index in [4.69, 9.17) is 4.74 Å². The van der Waals surface area contributed by atoms with Crippen molar-refractivity contribution in [3.8, 4) is 0 Å². The molecule has 1 aliphatic heterocycles. The van der Waals surface area contributed by atoms with Gasteiger partial charge in [0.2, 0.25) is 0 Å². The van der Waals surface area contributed by atoms with Crippen molar-refractivity contribution in [3.63, 3.8) is 0 Å². The zero-order valence-electron chi connectivity index (χ0n) is 13.0. The maximum absolute atomic E-state index is 5.40. The molecule has 0 radical (unpaired) electrons. The van der Waals surface area contributed by atoms with E-state index in [0.717, 1.165) is 13.1 Å². The first-order chi connectivity index (χ1) is 9.69. The average molecular weight is 276 g/mol. The highest BCUT2D eigenvalue weighted by atomic mass is 16.5. The van der Waals surface area contributed by atoms with Crippen molar-refractivity contribution >= 4 is 0 Å². The van der Waals surface area contributed by atoms with Crippen LogP contribution in [0.15, 0.2) is 30.3 Å². The molecule has 3 unspecified atom stereocenters. The monoisotopic (exact) mass is 276 g/mol. The number of piperidine rings is 1. The van der Waals surface area contributed by atoms with Gasteiger partial charge in [0.15, 0.2) is 0 Å². The Bertz CT molecular complexity index is 382. The Labute approximate surface area is 123 Å². The molecule has 0 aromatic heterocycles. The van der Waals surface area contributed by atoms with E-state index in [9.17, 15) is 0 Å². The van der Waals surface area contributed by atoms with Gasteiger partial charge in [-0.05, 0) is 38.8 Å². The quantitative estimate of drug-likeness (QED) is 0.864. The second kappa shape index (κ2) is 7.77. The van der Waals surface area contributed by atoms with E-state index in [0.29, 0.717) is 12.1 Å². The maximum atomic E-state index is 5.40. The predicted molar refractivity (Wildman–Crippen MR) is 83.8 cm³/mol. The van der Waals surface area contributed by atoms with Crippen molar-refractivity contribution in [2.75, 3.05) is 20.2 Å². The van der Waals surface area contributed by atoms with Crippen LogP contribution in [0.5, 0.6) is 0 Å². The zero-order valence-corrected chi connectivity index (χ0v) is 13.0. The third-order valence-corrected chi connectivity index (χ3v) is 4.33. The van der Waals surface area contributed by atoms with Gasteiger partial charge in [-0.25, -0.2) is 0 Å². The Hall–Kier alpha value is -0.900. The minimum Gasteiger partial charge on any atom is -0.380 e. The Morgan fingerprint density at radius 2 is 2.05 bits per heavy atom. The molecule has 3 heteroatoms. The minimum absolute atomic E-state index is 0.263. The molecule has 0 amide bonds. The largest absolute Gasteiger partial charge is 0.380 e. The van der Waals surface area contributed by atoms with Gasteiger partial charge in [0.05, 0.1) is 6.10 Å². The van der Waals surface area contributed by atoms with Crippen LogP contribution in [0.3, 0.4) is 0 Å². The lowest BCUT2D eigenvalue weighted by atomic mass is 10.0. The van der Waals surface area contributed by atoms with E-state index in [2.05, 4.69) is 54.4 Å². The van der Waals surface area contributed by atoms with Crippen LogP contribution in [-0.2, 0) is 11.3 Å². The molecule has 1 aromatic carbocycles.